The van der Waals surface area contributed by atoms with Gasteiger partial charge in [-0.25, -0.2) is 27.2 Å². The SMILES string of the molecule is Cc1ccc(S(=O)(=O)n2ccc3ccc(N(C)C(=O)C4CNC(=O)N4c4cc(C(F)(F)F)cc(C)n4)nc32)cc1. The quantitative estimate of drug-likeness (QED) is 0.388. The van der Waals surface area contributed by atoms with E-state index in [1.165, 1.54) is 38.4 Å². The van der Waals surface area contributed by atoms with Crippen molar-refractivity contribution in [1.29, 1.82) is 0 Å². The second kappa shape index (κ2) is 9.62. The molecule has 1 aliphatic heterocycles. The number of carbonyl (C=O) groups excluding carboxylic acids is 2. The highest BCUT2D eigenvalue weighted by molar-refractivity contribution is 7.90. The number of amides is 3. The van der Waals surface area contributed by atoms with Crippen LogP contribution in [0.25, 0.3) is 11.0 Å². The molecule has 1 saturated heterocycles. The van der Waals surface area contributed by atoms with Crippen LogP contribution in [0.2, 0.25) is 0 Å². The van der Waals surface area contributed by atoms with Crippen molar-refractivity contribution < 1.29 is 31.2 Å². The van der Waals surface area contributed by atoms with Gasteiger partial charge in [0, 0.05) is 30.9 Å². The Morgan fingerprint density at radius 1 is 1.05 bits per heavy atom. The van der Waals surface area contributed by atoms with Gasteiger partial charge < -0.3 is 5.32 Å². The molecule has 4 aromatic rings. The van der Waals surface area contributed by atoms with E-state index in [2.05, 4.69) is 15.3 Å². The van der Waals surface area contributed by atoms with Gasteiger partial charge >= 0.3 is 12.2 Å². The number of rotatable bonds is 5. The number of hydrogen-bond acceptors (Lipinski definition) is 6. The Bertz CT molecular complexity index is 1750. The number of benzene rings is 1. The fourth-order valence-electron chi connectivity index (χ4n) is 4.42. The summed E-state index contributed by atoms with van der Waals surface area (Å²) in [5.74, 6) is -0.916. The summed E-state index contributed by atoms with van der Waals surface area (Å²) < 4.78 is 67.8. The first-order valence-electron chi connectivity index (χ1n) is 12.0. The number of aryl methyl sites for hydroxylation is 2. The van der Waals surface area contributed by atoms with Crippen molar-refractivity contribution in [3.63, 3.8) is 0 Å². The second-order valence-electron chi connectivity index (χ2n) is 9.33. The summed E-state index contributed by atoms with van der Waals surface area (Å²) in [6.45, 7) is 3.01. The van der Waals surface area contributed by atoms with Crippen LogP contribution in [0.4, 0.5) is 29.6 Å². The fourth-order valence-corrected chi connectivity index (χ4v) is 5.72. The lowest BCUT2D eigenvalue weighted by Crippen LogP contribution is -2.47. The Labute approximate surface area is 227 Å². The molecule has 1 atom stereocenters. The first kappa shape index (κ1) is 27.1. The zero-order chi connectivity index (χ0) is 29.0. The number of nitrogens with zero attached hydrogens (tertiary/aromatic N) is 5. The highest BCUT2D eigenvalue weighted by atomic mass is 32.2. The fraction of sp³-hybridized carbons (Fsp3) is 0.231. The molecule has 1 unspecified atom stereocenters. The Morgan fingerprint density at radius 3 is 2.42 bits per heavy atom. The van der Waals surface area contributed by atoms with E-state index >= 15 is 0 Å². The van der Waals surface area contributed by atoms with Crippen LogP contribution >= 0.6 is 0 Å². The number of alkyl halides is 3. The number of nitrogens with one attached hydrogen (secondary N) is 1. The lowest BCUT2D eigenvalue weighted by Gasteiger charge is -2.26. The lowest BCUT2D eigenvalue weighted by atomic mass is 10.2. The highest BCUT2D eigenvalue weighted by Crippen LogP contribution is 2.33. The summed E-state index contributed by atoms with van der Waals surface area (Å²) in [6.07, 6.45) is -3.32. The maximum absolute atomic E-state index is 13.5. The summed E-state index contributed by atoms with van der Waals surface area (Å²) >= 11 is 0. The molecule has 40 heavy (non-hydrogen) atoms. The van der Waals surface area contributed by atoms with Gasteiger partial charge in [0.25, 0.3) is 15.9 Å². The molecule has 1 aliphatic rings. The van der Waals surface area contributed by atoms with Gasteiger partial charge in [-0.3, -0.25) is 14.6 Å². The van der Waals surface area contributed by atoms with E-state index in [1.807, 2.05) is 6.92 Å². The van der Waals surface area contributed by atoms with E-state index in [0.717, 1.165) is 25.4 Å². The molecule has 3 aromatic heterocycles. The van der Waals surface area contributed by atoms with Gasteiger partial charge in [-0.05, 0) is 56.3 Å². The maximum Gasteiger partial charge on any atom is 0.416 e. The average molecular weight is 573 g/mol. The normalized spacial score (nSPS) is 15.9. The molecule has 1 fully saturated rings. The number of urea groups is 1. The zero-order valence-electron chi connectivity index (χ0n) is 21.5. The van der Waals surface area contributed by atoms with Crippen LogP contribution in [0.3, 0.4) is 0 Å². The molecule has 10 nitrogen and oxygen atoms in total. The van der Waals surface area contributed by atoms with Crippen LogP contribution in [0, 0.1) is 13.8 Å². The molecule has 0 radical (unpaired) electrons. The van der Waals surface area contributed by atoms with Crippen LogP contribution in [-0.4, -0.2) is 53.9 Å². The smallest absolute Gasteiger partial charge is 0.335 e. The van der Waals surface area contributed by atoms with E-state index in [1.54, 1.807) is 24.3 Å². The molecule has 1 N–H and O–H groups in total. The molecule has 0 saturated carbocycles. The highest BCUT2D eigenvalue weighted by Gasteiger charge is 2.41. The van der Waals surface area contributed by atoms with Crippen molar-refractivity contribution in [2.24, 2.45) is 0 Å². The van der Waals surface area contributed by atoms with E-state index in [9.17, 15) is 31.2 Å². The third kappa shape index (κ3) is 4.74. The van der Waals surface area contributed by atoms with Gasteiger partial charge in [-0.15, -0.1) is 0 Å². The minimum absolute atomic E-state index is 0.0201. The Balaban J connectivity index is 1.49. The molecule has 5 rings (SSSR count). The number of hydrogen-bond donors (Lipinski definition) is 1. The molecule has 0 aliphatic carbocycles. The summed E-state index contributed by atoms with van der Waals surface area (Å²) in [5, 5.41) is 2.98. The monoisotopic (exact) mass is 572 g/mol. The second-order valence-corrected chi connectivity index (χ2v) is 11.1. The lowest BCUT2D eigenvalue weighted by molar-refractivity contribution is -0.137. The predicted molar refractivity (Wildman–Crippen MR) is 141 cm³/mol. The third-order valence-electron chi connectivity index (χ3n) is 6.52. The van der Waals surface area contributed by atoms with Crippen LogP contribution < -0.4 is 15.1 Å². The van der Waals surface area contributed by atoms with Crippen molar-refractivity contribution in [2.45, 2.75) is 31.0 Å². The number of likely N-dealkylation sites (N-methyl/N-ethyl adjacent to an activating group) is 1. The summed E-state index contributed by atoms with van der Waals surface area (Å²) in [5.41, 5.74) is -0.0182. The van der Waals surface area contributed by atoms with E-state index in [4.69, 9.17) is 0 Å². The maximum atomic E-state index is 13.5. The van der Waals surface area contributed by atoms with Crippen molar-refractivity contribution in [3.05, 3.63) is 77.6 Å². The number of halogens is 3. The van der Waals surface area contributed by atoms with Crippen LogP contribution in [0.1, 0.15) is 16.8 Å². The van der Waals surface area contributed by atoms with Crippen molar-refractivity contribution in [2.75, 3.05) is 23.4 Å². The number of anilines is 2. The van der Waals surface area contributed by atoms with Gasteiger partial charge in [0.2, 0.25) is 0 Å². The van der Waals surface area contributed by atoms with Crippen LogP contribution in [0.5, 0.6) is 0 Å². The molecule has 4 heterocycles. The van der Waals surface area contributed by atoms with E-state index < -0.39 is 39.7 Å². The Kier molecular flexibility index (Phi) is 6.53. The Morgan fingerprint density at radius 2 is 1.75 bits per heavy atom. The summed E-state index contributed by atoms with van der Waals surface area (Å²) in [4.78, 5) is 36.7. The van der Waals surface area contributed by atoms with Crippen molar-refractivity contribution in [3.8, 4) is 0 Å². The van der Waals surface area contributed by atoms with Crippen molar-refractivity contribution >= 4 is 44.6 Å². The summed E-state index contributed by atoms with van der Waals surface area (Å²) in [7, 11) is -2.62. The topological polar surface area (TPSA) is 117 Å². The van der Waals surface area contributed by atoms with Gasteiger partial charge in [-0.1, -0.05) is 17.7 Å². The molecular formula is C26H23F3N6O4S. The molecule has 208 valence electrons. The number of pyridine rings is 2. The minimum atomic E-state index is -4.68. The van der Waals surface area contributed by atoms with Gasteiger partial charge in [0.1, 0.15) is 17.7 Å². The first-order chi connectivity index (χ1) is 18.8. The molecule has 0 spiro atoms. The molecule has 3 amide bonds. The number of carbonyl (C=O) groups is 2. The van der Waals surface area contributed by atoms with Gasteiger partial charge in [-0.2, -0.15) is 13.2 Å². The molecule has 14 heteroatoms. The molecular weight excluding hydrogens is 549 g/mol. The third-order valence-corrected chi connectivity index (χ3v) is 8.20. The van der Waals surface area contributed by atoms with Crippen LogP contribution in [-0.2, 0) is 21.0 Å². The first-order valence-corrected chi connectivity index (χ1v) is 13.4. The van der Waals surface area contributed by atoms with Crippen molar-refractivity contribution in [1.82, 2.24) is 19.3 Å². The zero-order valence-corrected chi connectivity index (χ0v) is 22.3. The Hall–Kier alpha value is -4.46. The summed E-state index contributed by atoms with van der Waals surface area (Å²) in [6, 6.07) is 10.5. The molecule has 0 bridgehead atoms. The largest absolute Gasteiger partial charge is 0.416 e. The van der Waals surface area contributed by atoms with E-state index in [-0.39, 0.29) is 34.4 Å². The molecule has 1 aromatic carbocycles. The van der Waals surface area contributed by atoms with Crippen LogP contribution in [0.15, 0.2) is 65.7 Å². The standard InChI is InChI=1S/C26H23F3N6O4S/c1-15-4-7-19(8-5-15)40(38,39)34-11-10-17-6-9-21(32-23(17)34)33(3)24(36)20-14-30-25(37)35(20)22-13-18(26(27,28)29)12-16(2)31-22/h4-13,20H,14H2,1-3H3,(H,30,37). The average Bonchev–Trinajstić information content (AvgIpc) is 3.50. The van der Waals surface area contributed by atoms with E-state index in [0.29, 0.717) is 11.5 Å². The minimum Gasteiger partial charge on any atom is -0.335 e. The number of fused-ring (bicyclic) bond motifs is 1. The van der Waals surface area contributed by atoms with Gasteiger partial charge in [0.05, 0.1) is 10.5 Å². The number of aromatic nitrogens is 3. The predicted octanol–water partition coefficient (Wildman–Crippen LogP) is 3.87. The van der Waals surface area contributed by atoms with Gasteiger partial charge in [0.15, 0.2) is 5.65 Å².